The van der Waals surface area contributed by atoms with Gasteiger partial charge < -0.3 is 4.74 Å². The van der Waals surface area contributed by atoms with Crippen molar-refractivity contribution in [2.24, 2.45) is 0 Å². The second kappa shape index (κ2) is 8.00. The van der Waals surface area contributed by atoms with Crippen LogP contribution >= 0.6 is 27.5 Å². The molecule has 3 aromatic rings. The number of H-pyrrole nitrogens is 1. The van der Waals surface area contributed by atoms with Gasteiger partial charge in [0.15, 0.2) is 11.6 Å². The van der Waals surface area contributed by atoms with Gasteiger partial charge in [0.05, 0.1) is 22.7 Å². The smallest absolute Gasteiger partial charge is 0.328 e. The van der Waals surface area contributed by atoms with E-state index < -0.39 is 17.1 Å². The van der Waals surface area contributed by atoms with Crippen LogP contribution in [-0.4, -0.2) is 9.55 Å². The molecule has 142 valence electrons. The Morgan fingerprint density at radius 2 is 2.07 bits per heavy atom. The number of nitriles is 1. The Morgan fingerprint density at radius 1 is 1.32 bits per heavy atom. The summed E-state index contributed by atoms with van der Waals surface area (Å²) in [5.41, 5.74) is -0.360. The lowest BCUT2D eigenvalue weighted by Gasteiger charge is -2.13. The molecule has 3 rings (SSSR count). The van der Waals surface area contributed by atoms with Crippen molar-refractivity contribution < 1.29 is 9.13 Å². The molecule has 0 aliphatic carbocycles. The summed E-state index contributed by atoms with van der Waals surface area (Å²) in [6.45, 7) is 1.44. The Balaban J connectivity index is 2.00. The van der Waals surface area contributed by atoms with Crippen LogP contribution in [0.2, 0.25) is 5.02 Å². The molecule has 28 heavy (non-hydrogen) atoms. The lowest BCUT2D eigenvalue weighted by molar-refractivity contribution is 0.433. The molecule has 1 N–H and O–H groups in total. The largest absolute Gasteiger partial charge is 0.453 e. The lowest BCUT2D eigenvalue weighted by Crippen LogP contribution is -2.31. The summed E-state index contributed by atoms with van der Waals surface area (Å²) in [6, 6.07) is 9.37. The van der Waals surface area contributed by atoms with Crippen LogP contribution in [0.25, 0.3) is 0 Å². The molecular weight excluding hydrogens is 453 g/mol. The Bertz CT molecular complexity index is 1230. The summed E-state index contributed by atoms with van der Waals surface area (Å²) in [5, 5.41) is 9.31. The number of nitrogens with one attached hydrogen (secondary N) is 1. The van der Waals surface area contributed by atoms with E-state index in [1.807, 2.05) is 6.07 Å². The highest BCUT2D eigenvalue weighted by atomic mass is 79.9. The average molecular weight is 465 g/mol. The van der Waals surface area contributed by atoms with Crippen LogP contribution in [0.3, 0.4) is 0 Å². The van der Waals surface area contributed by atoms with Gasteiger partial charge in [-0.05, 0) is 47.1 Å². The predicted octanol–water partition coefficient (Wildman–Crippen LogP) is 4.11. The SMILES string of the molecule is Cc1cn(Cc2ccc(Br)c(Oc3cc(Cl)cc(C#N)c3)c2F)c(=O)[nH]c1=O. The molecule has 0 unspecified atom stereocenters. The monoisotopic (exact) mass is 463 g/mol. The predicted molar refractivity (Wildman–Crippen MR) is 106 cm³/mol. The maximum Gasteiger partial charge on any atom is 0.328 e. The molecule has 2 aromatic carbocycles. The quantitative estimate of drug-likeness (QED) is 0.629. The second-order valence-electron chi connectivity index (χ2n) is 5.94. The Morgan fingerprint density at radius 3 is 2.79 bits per heavy atom. The van der Waals surface area contributed by atoms with E-state index in [0.29, 0.717) is 10.0 Å². The summed E-state index contributed by atoms with van der Waals surface area (Å²) in [6.07, 6.45) is 1.36. The molecule has 0 fully saturated rings. The van der Waals surface area contributed by atoms with Crippen LogP contribution in [0.4, 0.5) is 4.39 Å². The number of aromatic amines is 1. The van der Waals surface area contributed by atoms with E-state index in [4.69, 9.17) is 21.6 Å². The first-order chi connectivity index (χ1) is 13.3. The van der Waals surface area contributed by atoms with Gasteiger partial charge in [-0.2, -0.15) is 5.26 Å². The molecule has 0 atom stereocenters. The minimum Gasteiger partial charge on any atom is -0.453 e. The highest BCUT2D eigenvalue weighted by Gasteiger charge is 2.16. The number of ether oxygens (including phenoxy) is 1. The van der Waals surface area contributed by atoms with E-state index >= 15 is 4.39 Å². The van der Waals surface area contributed by atoms with Crippen molar-refractivity contribution in [1.29, 1.82) is 5.26 Å². The molecule has 0 aliphatic rings. The van der Waals surface area contributed by atoms with Gasteiger partial charge in [0.1, 0.15) is 5.75 Å². The van der Waals surface area contributed by atoms with Gasteiger partial charge >= 0.3 is 5.69 Å². The van der Waals surface area contributed by atoms with Crippen molar-refractivity contribution in [3.05, 3.63) is 89.4 Å². The number of hydrogen-bond donors (Lipinski definition) is 1. The van der Waals surface area contributed by atoms with Gasteiger partial charge in [-0.25, -0.2) is 9.18 Å². The Labute approximate surface area is 171 Å². The second-order valence-corrected chi connectivity index (χ2v) is 7.23. The minimum atomic E-state index is -0.691. The van der Waals surface area contributed by atoms with Crippen molar-refractivity contribution in [1.82, 2.24) is 9.55 Å². The molecule has 0 saturated carbocycles. The van der Waals surface area contributed by atoms with Crippen LogP contribution in [-0.2, 0) is 6.54 Å². The molecule has 0 spiro atoms. The first kappa shape index (κ1) is 19.9. The number of aromatic nitrogens is 2. The van der Waals surface area contributed by atoms with Crippen molar-refractivity contribution in [3.8, 4) is 17.6 Å². The van der Waals surface area contributed by atoms with Crippen molar-refractivity contribution in [2.75, 3.05) is 0 Å². The molecule has 1 heterocycles. The molecule has 0 amide bonds. The zero-order valence-electron chi connectivity index (χ0n) is 14.4. The molecular formula is C19H12BrClFN3O3. The van der Waals surface area contributed by atoms with E-state index in [-0.39, 0.29) is 34.2 Å². The van der Waals surface area contributed by atoms with E-state index in [1.54, 1.807) is 13.0 Å². The van der Waals surface area contributed by atoms with Crippen LogP contribution in [0, 0.1) is 24.1 Å². The maximum absolute atomic E-state index is 15.1. The van der Waals surface area contributed by atoms with E-state index in [9.17, 15) is 9.59 Å². The lowest BCUT2D eigenvalue weighted by atomic mass is 10.2. The number of hydrogen-bond acceptors (Lipinski definition) is 4. The molecule has 6 nitrogen and oxygen atoms in total. The summed E-state index contributed by atoms with van der Waals surface area (Å²) >= 11 is 9.19. The number of rotatable bonds is 4. The highest BCUT2D eigenvalue weighted by Crippen LogP contribution is 2.35. The van der Waals surface area contributed by atoms with Gasteiger partial charge in [-0.3, -0.25) is 14.3 Å². The zero-order chi connectivity index (χ0) is 20.4. The third-order valence-corrected chi connectivity index (χ3v) is 4.72. The number of aryl methyl sites for hydroxylation is 1. The summed E-state index contributed by atoms with van der Waals surface area (Å²) < 4.78 is 22.2. The van der Waals surface area contributed by atoms with Crippen LogP contribution in [0.15, 0.2) is 50.6 Å². The highest BCUT2D eigenvalue weighted by molar-refractivity contribution is 9.10. The first-order valence-electron chi connectivity index (χ1n) is 7.94. The van der Waals surface area contributed by atoms with E-state index in [2.05, 4.69) is 20.9 Å². The number of benzene rings is 2. The zero-order valence-corrected chi connectivity index (χ0v) is 16.8. The summed E-state index contributed by atoms with van der Waals surface area (Å²) in [5.74, 6) is -0.612. The third-order valence-electron chi connectivity index (χ3n) is 3.88. The third kappa shape index (κ3) is 4.16. The summed E-state index contributed by atoms with van der Waals surface area (Å²) in [7, 11) is 0. The normalized spacial score (nSPS) is 10.5. The molecule has 0 bridgehead atoms. The van der Waals surface area contributed by atoms with Crippen LogP contribution in [0.1, 0.15) is 16.7 Å². The van der Waals surface area contributed by atoms with Crippen LogP contribution < -0.4 is 16.0 Å². The molecule has 9 heteroatoms. The van der Waals surface area contributed by atoms with Crippen molar-refractivity contribution >= 4 is 27.5 Å². The molecule has 0 radical (unpaired) electrons. The van der Waals surface area contributed by atoms with Gasteiger partial charge in [0, 0.05) is 22.3 Å². The van der Waals surface area contributed by atoms with Gasteiger partial charge in [-0.1, -0.05) is 17.7 Å². The standard InChI is InChI=1S/C19H12BrClFN3O3/c1-10-8-25(19(27)24-18(10)26)9-12-2-3-15(20)17(16(12)22)28-14-5-11(7-23)4-13(21)6-14/h2-6,8H,9H2,1H3,(H,24,26,27). The van der Waals surface area contributed by atoms with Gasteiger partial charge in [0.25, 0.3) is 5.56 Å². The van der Waals surface area contributed by atoms with Gasteiger partial charge in [0.2, 0.25) is 0 Å². The fourth-order valence-corrected chi connectivity index (χ4v) is 3.12. The van der Waals surface area contributed by atoms with Gasteiger partial charge in [-0.15, -0.1) is 0 Å². The van der Waals surface area contributed by atoms with Crippen molar-refractivity contribution in [3.63, 3.8) is 0 Å². The fraction of sp³-hybridized carbons (Fsp3) is 0.105. The topological polar surface area (TPSA) is 87.9 Å². The van der Waals surface area contributed by atoms with Crippen molar-refractivity contribution in [2.45, 2.75) is 13.5 Å². The molecule has 0 aliphatic heterocycles. The number of halogens is 3. The summed E-state index contributed by atoms with van der Waals surface area (Å²) in [4.78, 5) is 25.6. The maximum atomic E-state index is 15.1. The fourth-order valence-electron chi connectivity index (χ4n) is 2.51. The first-order valence-corrected chi connectivity index (χ1v) is 9.11. The number of nitrogens with zero attached hydrogens (tertiary/aromatic N) is 2. The minimum absolute atomic E-state index is 0.106. The Kier molecular flexibility index (Phi) is 5.68. The molecule has 0 saturated heterocycles. The van der Waals surface area contributed by atoms with E-state index in [1.165, 1.54) is 35.0 Å². The Hall–Kier alpha value is -2.89. The van der Waals surface area contributed by atoms with E-state index in [0.717, 1.165) is 0 Å². The average Bonchev–Trinajstić information content (AvgIpc) is 2.64. The van der Waals surface area contributed by atoms with Crippen LogP contribution in [0.5, 0.6) is 11.5 Å². The molecule has 1 aromatic heterocycles.